The van der Waals surface area contributed by atoms with Crippen molar-refractivity contribution in [2.75, 3.05) is 6.54 Å². The van der Waals surface area contributed by atoms with E-state index in [2.05, 4.69) is 5.32 Å². The minimum absolute atomic E-state index is 0.251. The van der Waals surface area contributed by atoms with Crippen LogP contribution in [0.3, 0.4) is 0 Å². The fourth-order valence-electron chi connectivity index (χ4n) is 1.86. The number of alkyl halides is 3. The van der Waals surface area contributed by atoms with Crippen molar-refractivity contribution in [3.05, 3.63) is 58.3 Å². The van der Waals surface area contributed by atoms with Crippen LogP contribution in [0, 0.1) is 0 Å². The number of halogens is 3. The molecule has 0 amide bonds. The third kappa shape index (κ3) is 4.08. The van der Waals surface area contributed by atoms with Crippen LogP contribution in [0.5, 0.6) is 0 Å². The maximum absolute atomic E-state index is 13.0. The van der Waals surface area contributed by atoms with Gasteiger partial charge in [0.25, 0.3) is 0 Å². The Morgan fingerprint density at radius 1 is 1.05 bits per heavy atom. The zero-order chi connectivity index (χ0) is 13.7. The average molecular weight is 285 g/mol. The van der Waals surface area contributed by atoms with E-state index in [4.69, 9.17) is 0 Å². The smallest absolute Gasteiger partial charge is 0.302 e. The largest absolute Gasteiger partial charge is 0.407 e. The zero-order valence-electron chi connectivity index (χ0n) is 10.2. The van der Waals surface area contributed by atoms with Crippen molar-refractivity contribution in [2.45, 2.75) is 18.6 Å². The highest BCUT2D eigenvalue weighted by Gasteiger charge is 2.40. The molecule has 1 atom stereocenters. The van der Waals surface area contributed by atoms with Crippen LogP contribution >= 0.6 is 11.3 Å². The quantitative estimate of drug-likeness (QED) is 0.869. The molecule has 5 heteroatoms. The molecule has 0 spiro atoms. The van der Waals surface area contributed by atoms with Gasteiger partial charge in [-0.15, -0.1) is 11.3 Å². The highest BCUT2D eigenvalue weighted by Crippen LogP contribution is 2.32. The van der Waals surface area contributed by atoms with Crippen LogP contribution in [0.4, 0.5) is 13.2 Å². The van der Waals surface area contributed by atoms with E-state index < -0.39 is 12.2 Å². The van der Waals surface area contributed by atoms with E-state index in [0.717, 1.165) is 4.88 Å². The molecule has 1 nitrogen and oxygen atoms in total. The van der Waals surface area contributed by atoms with Gasteiger partial charge in [-0.1, -0.05) is 36.4 Å². The maximum atomic E-state index is 13.0. The van der Waals surface area contributed by atoms with Crippen molar-refractivity contribution in [1.82, 2.24) is 5.32 Å². The van der Waals surface area contributed by atoms with Crippen LogP contribution in [-0.4, -0.2) is 12.7 Å². The molecule has 2 rings (SSSR count). The molecule has 1 unspecified atom stereocenters. The Kier molecular flexibility index (Phi) is 4.61. The second-order valence-corrected chi connectivity index (χ2v) is 5.20. The van der Waals surface area contributed by atoms with E-state index in [0.29, 0.717) is 13.0 Å². The molecule has 1 heterocycles. The van der Waals surface area contributed by atoms with Gasteiger partial charge in [0, 0.05) is 11.4 Å². The molecule has 2 aromatic rings. The number of nitrogens with one attached hydrogen (secondary N) is 1. The van der Waals surface area contributed by atoms with E-state index in [9.17, 15) is 13.2 Å². The molecule has 19 heavy (non-hydrogen) atoms. The molecular weight excluding hydrogens is 271 g/mol. The molecule has 0 aliphatic rings. The van der Waals surface area contributed by atoms with Crippen LogP contribution in [0.1, 0.15) is 16.5 Å². The molecule has 102 valence electrons. The van der Waals surface area contributed by atoms with Crippen LogP contribution in [-0.2, 0) is 6.42 Å². The second kappa shape index (κ2) is 6.21. The molecule has 0 aliphatic carbocycles. The lowest BCUT2D eigenvalue weighted by molar-refractivity contribution is -0.157. The predicted molar refractivity (Wildman–Crippen MR) is 71.3 cm³/mol. The molecule has 0 fully saturated rings. The fraction of sp³-hybridized carbons (Fsp3) is 0.286. The molecule has 0 bridgehead atoms. The molecule has 1 N–H and O–H groups in total. The number of benzene rings is 1. The van der Waals surface area contributed by atoms with Gasteiger partial charge in [-0.3, -0.25) is 0 Å². The van der Waals surface area contributed by atoms with Crippen molar-refractivity contribution in [3.63, 3.8) is 0 Å². The first-order valence-corrected chi connectivity index (χ1v) is 6.83. The standard InChI is InChI=1S/C14H14F3NS/c15-14(16,17)13(11-5-2-1-3-6-11)18-9-8-12-7-4-10-19-12/h1-7,10,13,18H,8-9H2. The summed E-state index contributed by atoms with van der Waals surface area (Å²) in [5.74, 6) is 0. The van der Waals surface area contributed by atoms with Crippen molar-refractivity contribution in [1.29, 1.82) is 0 Å². The molecule has 1 aromatic carbocycles. The van der Waals surface area contributed by atoms with Gasteiger partial charge in [0.2, 0.25) is 0 Å². The number of thiophene rings is 1. The zero-order valence-corrected chi connectivity index (χ0v) is 11.0. The van der Waals surface area contributed by atoms with Crippen molar-refractivity contribution in [3.8, 4) is 0 Å². The van der Waals surface area contributed by atoms with Crippen molar-refractivity contribution < 1.29 is 13.2 Å². The summed E-state index contributed by atoms with van der Waals surface area (Å²) in [7, 11) is 0. The molecule has 0 saturated heterocycles. The highest BCUT2D eigenvalue weighted by molar-refractivity contribution is 7.09. The predicted octanol–water partition coefficient (Wildman–Crippen LogP) is 4.18. The summed E-state index contributed by atoms with van der Waals surface area (Å²) in [4.78, 5) is 1.08. The van der Waals surface area contributed by atoms with Gasteiger partial charge in [-0.05, 0) is 23.4 Å². The minimum atomic E-state index is -4.28. The summed E-state index contributed by atoms with van der Waals surface area (Å²) in [5.41, 5.74) is 0.251. The van der Waals surface area contributed by atoms with Crippen LogP contribution in [0.25, 0.3) is 0 Å². The Hall–Kier alpha value is -1.33. The summed E-state index contributed by atoms with van der Waals surface area (Å²) in [5, 5.41) is 4.52. The van der Waals surface area contributed by atoms with Gasteiger partial charge < -0.3 is 5.32 Å². The number of hydrogen-bond acceptors (Lipinski definition) is 2. The summed E-state index contributed by atoms with van der Waals surface area (Å²) in [6.07, 6.45) is -3.67. The second-order valence-electron chi connectivity index (χ2n) is 4.17. The first-order chi connectivity index (χ1) is 9.07. The number of rotatable bonds is 5. The van der Waals surface area contributed by atoms with Gasteiger partial charge in [-0.25, -0.2) is 0 Å². The summed E-state index contributed by atoms with van der Waals surface area (Å²) in [6.45, 7) is 0.305. The van der Waals surface area contributed by atoms with E-state index in [1.807, 2.05) is 17.5 Å². The molecule has 0 radical (unpaired) electrons. The highest BCUT2D eigenvalue weighted by atomic mass is 32.1. The van der Waals surface area contributed by atoms with E-state index in [-0.39, 0.29) is 5.56 Å². The van der Waals surface area contributed by atoms with Crippen LogP contribution in [0.15, 0.2) is 47.8 Å². The Balaban J connectivity index is 1.99. The minimum Gasteiger partial charge on any atom is -0.302 e. The summed E-state index contributed by atoms with van der Waals surface area (Å²) < 4.78 is 39.0. The van der Waals surface area contributed by atoms with Crippen molar-refractivity contribution >= 4 is 11.3 Å². The lowest BCUT2D eigenvalue weighted by Gasteiger charge is -2.22. The van der Waals surface area contributed by atoms with Gasteiger partial charge in [0.1, 0.15) is 6.04 Å². The summed E-state index contributed by atoms with van der Waals surface area (Å²) in [6, 6.07) is 10.2. The topological polar surface area (TPSA) is 12.0 Å². The Labute approximate surface area is 114 Å². The van der Waals surface area contributed by atoms with Gasteiger partial charge >= 0.3 is 6.18 Å². The van der Waals surface area contributed by atoms with Gasteiger partial charge in [0.05, 0.1) is 0 Å². The third-order valence-electron chi connectivity index (χ3n) is 2.76. The monoisotopic (exact) mass is 285 g/mol. The lowest BCUT2D eigenvalue weighted by Crippen LogP contribution is -2.35. The van der Waals surface area contributed by atoms with E-state index in [1.165, 1.54) is 12.1 Å². The first kappa shape index (κ1) is 14.1. The third-order valence-corrected chi connectivity index (χ3v) is 3.70. The maximum Gasteiger partial charge on any atom is 0.407 e. The summed E-state index contributed by atoms with van der Waals surface area (Å²) >= 11 is 1.56. The molecule has 1 aromatic heterocycles. The van der Waals surface area contributed by atoms with Crippen molar-refractivity contribution in [2.24, 2.45) is 0 Å². The van der Waals surface area contributed by atoms with Gasteiger partial charge in [0.15, 0.2) is 0 Å². The SMILES string of the molecule is FC(F)(F)C(NCCc1cccs1)c1ccccc1. The van der Waals surface area contributed by atoms with Crippen LogP contribution in [0.2, 0.25) is 0 Å². The van der Waals surface area contributed by atoms with Gasteiger partial charge in [-0.2, -0.15) is 13.2 Å². The Morgan fingerprint density at radius 2 is 1.79 bits per heavy atom. The number of hydrogen-bond donors (Lipinski definition) is 1. The van der Waals surface area contributed by atoms with E-state index >= 15 is 0 Å². The molecule has 0 aliphatic heterocycles. The normalized spacial score (nSPS) is 13.4. The fourth-order valence-corrected chi connectivity index (χ4v) is 2.57. The Bertz CT molecular complexity index is 479. The lowest BCUT2D eigenvalue weighted by atomic mass is 10.1. The Morgan fingerprint density at radius 3 is 2.37 bits per heavy atom. The van der Waals surface area contributed by atoms with E-state index in [1.54, 1.807) is 29.5 Å². The average Bonchev–Trinajstić information content (AvgIpc) is 2.87. The van der Waals surface area contributed by atoms with Crippen LogP contribution < -0.4 is 5.32 Å². The first-order valence-electron chi connectivity index (χ1n) is 5.95. The molecule has 0 saturated carbocycles. The molecular formula is C14H14F3NS.